The zero-order valence-electron chi connectivity index (χ0n) is 19.7. The van der Waals surface area contributed by atoms with E-state index in [0.29, 0.717) is 23.8 Å². The number of hydrogen-bond donors (Lipinski definition) is 2. The lowest BCUT2D eigenvalue weighted by atomic mass is 10.0. The molecule has 0 saturated heterocycles. The van der Waals surface area contributed by atoms with Gasteiger partial charge >= 0.3 is 0 Å². The van der Waals surface area contributed by atoms with Crippen LogP contribution in [0.1, 0.15) is 30.5 Å². The van der Waals surface area contributed by atoms with E-state index in [1.165, 1.54) is 18.3 Å². The average molecular weight is 496 g/mol. The normalized spacial score (nSPS) is 14.9. The largest absolute Gasteiger partial charge is 0.352 e. The van der Waals surface area contributed by atoms with Gasteiger partial charge in [-0.25, -0.2) is 4.98 Å². The summed E-state index contributed by atoms with van der Waals surface area (Å²) in [7, 11) is 0. The highest BCUT2D eigenvalue weighted by Gasteiger charge is 2.32. The van der Waals surface area contributed by atoms with Crippen molar-refractivity contribution in [1.82, 2.24) is 10.3 Å². The lowest BCUT2D eigenvalue weighted by Crippen LogP contribution is -2.21. The summed E-state index contributed by atoms with van der Waals surface area (Å²) in [6.45, 7) is 1.98. The predicted octanol–water partition coefficient (Wildman–Crippen LogP) is 5.39. The van der Waals surface area contributed by atoms with Gasteiger partial charge in [-0.3, -0.25) is 19.9 Å². The maximum atomic E-state index is 13.1. The molecule has 1 aliphatic rings. The van der Waals surface area contributed by atoms with E-state index in [-0.39, 0.29) is 17.9 Å². The van der Waals surface area contributed by atoms with Crippen molar-refractivity contribution in [2.45, 2.75) is 25.9 Å². The van der Waals surface area contributed by atoms with Crippen LogP contribution in [0.25, 0.3) is 11.3 Å². The van der Waals surface area contributed by atoms with Crippen molar-refractivity contribution in [2.75, 3.05) is 10.3 Å². The summed E-state index contributed by atoms with van der Waals surface area (Å²) in [5.74, 6) is -0.311. The van der Waals surface area contributed by atoms with E-state index >= 15 is 0 Å². The number of anilines is 2. The molecule has 1 unspecified atom stereocenters. The number of para-hydroxylation sites is 1. The molecule has 0 radical (unpaired) electrons. The molecule has 2 heterocycles. The monoisotopic (exact) mass is 495 g/mol. The summed E-state index contributed by atoms with van der Waals surface area (Å²) in [4.78, 5) is 28.9. The van der Waals surface area contributed by atoms with Crippen molar-refractivity contribution < 1.29 is 9.59 Å². The number of carbonyl (C=O) groups excluding carboxylic acids is 2. The van der Waals surface area contributed by atoms with E-state index in [1.807, 2.05) is 83.2 Å². The molecule has 1 aromatic heterocycles. The SMILES string of the molecule is CC(=O)NCc1ccc(-c2csc(NC(=O)C3=NN(c4ccccc4)C(c4ccccc4)C3)n2)cc1. The molecule has 1 aliphatic heterocycles. The van der Waals surface area contributed by atoms with Crippen LogP contribution < -0.4 is 15.6 Å². The van der Waals surface area contributed by atoms with Gasteiger partial charge in [0.15, 0.2) is 5.13 Å². The summed E-state index contributed by atoms with van der Waals surface area (Å²) in [5, 5.41) is 14.8. The Morgan fingerprint density at radius 1 is 0.972 bits per heavy atom. The fraction of sp³-hybridized carbons (Fsp3) is 0.143. The van der Waals surface area contributed by atoms with E-state index in [2.05, 4.69) is 27.8 Å². The predicted molar refractivity (Wildman–Crippen MR) is 144 cm³/mol. The van der Waals surface area contributed by atoms with Crippen LogP contribution >= 0.6 is 11.3 Å². The summed E-state index contributed by atoms with van der Waals surface area (Å²) in [6.07, 6.45) is 0.499. The number of carbonyl (C=O) groups is 2. The van der Waals surface area contributed by atoms with Crippen molar-refractivity contribution >= 4 is 39.7 Å². The molecule has 2 N–H and O–H groups in total. The number of rotatable bonds is 7. The fourth-order valence-corrected chi connectivity index (χ4v) is 4.77. The molecule has 0 spiro atoms. The third-order valence-electron chi connectivity index (χ3n) is 5.89. The summed E-state index contributed by atoms with van der Waals surface area (Å²) < 4.78 is 0. The van der Waals surface area contributed by atoms with E-state index < -0.39 is 0 Å². The summed E-state index contributed by atoms with van der Waals surface area (Å²) in [5.41, 5.74) is 5.23. The number of nitrogens with one attached hydrogen (secondary N) is 2. The molecule has 2 amide bonds. The Labute approximate surface area is 213 Å². The minimum absolute atomic E-state index is 0.0581. The maximum Gasteiger partial charge on any atom is 0.273 e. The third-order valence-corrected chi connectivity index (χ3v) is 6.65. The first-order chi connectivity index (χ1) is 17.6. The highest BCUT2D eigenvalue weighted by molar-refractivity contribution is 7.14. The smallest absolute Gasteiger partial charge is 0.273 e. The highest BCUT2D eigenvalue weighted by Crippen LogP contribution is 2.35. The summed E-state index contributed by atoms with van der Waals surface area (Å²) in [6, 6.07) is 27.8. The molecule has 1 atom stereocenters. The third kappa shape index (κ3) is 5.34. The van der Waals surface area contributed by atoms with Gasteiger partial charge in [0.1, 0.15) is 5.71 Å². The molecule has 180 valence electrons. The second-order valence-electron chi connectivity index (χ2n) is 8.46. The van der Waals surface area contributed by atoms with Crippen LogP contribution in [0.3, 0.4) is 0 Å². The first kappa shape index (κ1) is 23.4. The van der Waals surface area contributed by atoms with Crippen molar-refractivity contribution in [1.29, 1.82) is 0 Å². The second-order valence-corrected chi connectivity index (χ2v) is 9.31. The molecular formula is C28H25N5O2S. The Bertz CT molecular complexity index is 1380. The van der Waals surface area contributed by atoms with Crippen LogP contribution in [-0.2, 0) is 16.1 Å². The number of thiazole rings is 1. The lowest BCUT2D eigenvalue weighted by molar-refractivity contribution is -0.119. The molecule has 7 nitrogen and oxygen atoms in total. The first-order valence-corrected chi connectivity index (χ1v) is 12.5. The van der Waals surface area contributed by atoms with Gasteiger partial charge in [0.05, 0.1) is 17.4 Å². The lowest BCUT2D eigenvalue weighted by Gasteiger charge is -2.23. The van der Waals surface area contributed by atoms with Gasteiger partial charge in [-0.1, -0.05) is 72.8 Å². The number of hydrogen-bond acceptors (Lipinski definition) is 6. The number of aromatic nitrogens is 1. The molecule has 0 saturated carbocycles. The molecule has 0 bridgehead atoms. The Morgan fingerprint density at radius 3 is 2.36 bits per heavy atom. The van der Waals surface area contributed by atoms with Crippen LogP contribution in [0.2, 0.25) is 0 Å². The molecule has 5 rings (SSSR count). The minimum Gasteiger partial charge on any atom is -0.352 e. The van der Waals surface area contributed by atoms with Gasteiger partial charge in [0.25, 0.3) is 5.91 Å². The van der Waals surface area contributed by atoms with Crippen molar-refractivity contribution in [2.24, 2.45) is 5.10 Å². The van der Waals surface area contributed by atoms with Gasteiger partial charge in [-0.15, -0.1) is 11.3 Å². The van der Waals surface area contributed by atoms with Gasteiger partial charge < -0.3 is 5.32 Å². The van der Waals surface area contributed by atoms with Crippen LogP contribution in [0.4, 0.5) is 10.8 Å². The minimum atomic E-state index is -0.249. The van der Waals surface area contributed by atoms with E-state index in [4.69, 9.17) is 5.10 Å². The number of nitrogens with zero attached hydrogens (tertiary/aromatic N) is 3. The topological polar surface area (TPSA) is 86.7 Å². The zero-order chi connectivity index (χ0) is 24.9. The number of benzene rings is 3. The van der Waals surface area contributed by atoms with E-state index in [1.54, 1.807) is 0 Å². The highest BCUT2D eigenvalue weighted by atomic mass is 32.1. The van der Waals surface area contributed by atoms with Gasteiger partial charge in [-0.05, 0) is 23.3 Å². The molecule has 0 fully saturated rings. The average Bonchev–Trinajstić information content (AvgIpc) is 3.57. The Hall–Kier alpha value is -4.30. The zero-order valence-corrected chi connectivity index (χ0v) is 20.5. The summed E-state index contributed by atoms with van der Waals surface area (Å²) >= 11 is 1.38. The Kier molecular flexibility index (Phi) is 6.86. The second kappa shape index (κ2) is 10.5. The van der Waals surface area contributed by atoms with Crippen molar-refractivity contribution in [3.8, 4) is 11.3 Å². The van der Waals surface area contributed by atoms with Crippen molar-refractivity contribution in [3.05, 3.63) is 101 Å². The molecule has 3 aromatic carbocycles. The van der Waals surface area contributed by atoms with Crippen LogP contribution in [0.5, 0.6) is 0 Å². The molecule has 8 heteroatoms. The Balaban J connectivity index is 1.30. The standard InChI is InChI=1S/C28H25N5O2S/c1-19(34)29-17-20-12-14-21(15-13-20)25-18-36-28(30-25)31-27(35)24-16-26(22-8-4-2-5-9-22)33(32-24)23-10-6-3-7-11-23/h2-15,18,26H,16-17H2,1H3,(H,29,34)(H,30,31,35). The van der Waals surface area contributed by atoms with E-state index in [0.717, 1.165) is 28.1 Å². The van der Waals surface area contributed by atoms with Crippen LogP contribution in [-0.4, -0.2) is 22.5 Å². The molecule has 0 aliphatic carbocycles. The van der Waals surface area contributed by atoms with Crippen LogP contribution in [0, 0.1) is 0 Å². The van der Waals surface area contributed by atoms with Crippen molar-refractivity contribution in [3.63, 3.8) is 0 Å². The number of hydrazone groups is 1. The van der Waals surface area contributed by atoms with Crippen LogP contribution in [0.15, 0.2) is 95.4 Å². The van der Waals surface area contributed by atoms with Gasteiger partial charge in [0.2, 0.25) is 5.91 Å². The maximum absolute atomic E-state index is 13.1. The molecular weight excluding hydrogens is 470 g/mol. The van der Waals surface area contributed by atoms with Gasteiger partial charge in [0, 0.05) is 30.8 Å². The Morgan fingerprint density at radius 2 is 1.67 bits per heavy atom. The first-order valence-electron chi connectivity index (χ1n) is 11.6. The number of amides is 2. The van der Waals surface area contributed by atoms with E-state index in [9.17, 15) is 9.59 Å². The molecule has 4 aromatic rings. The quantitative estimate of drug-likeness (QED) is 0.360. The van der Waals surface area contributed by atoms with Gasteiger partial charge in [-0.2, -0.15) is 5.10 Å². The fourth-order valence-electron chi connectivity index (χ4n) is 4.05. The molecule has 36 heavy (non-hydrogen) atoms.